The molecular weight excluding hydrogens is 781 g/mol. The molecule has 4 heteroatoms. The first kappa shape index (κ1) is 37.4. The van der Waals surface area contributed by atoms with Gasteiger partial charge in [0.05, 0.1) is 22.2 Å². The van der Waals surface area contributed by atoms with E-state index in [2.05, 4.69) is 212 Å². The summed E-state index contributed by atoms with van der Waals surface area (Å²) in [5, 5.41) is 0. The van der Waals surface area contributed by atoms with Crippen LogP contribution in [0.4, 0.5) is 0 Å². The van der Waals surface area contributed by atoms with Crippen molar-refractivity contribution in [2.75, 3.05) is 0 Å². The molecule has 1 aromatic heterocycles. The van der Waals surface area contributed by atoms with E-state index in [1.54, 1.807) is 0 Å². The summed E-state index contributed by atoms with van der Waals surface area (Å²) in [5.74, 6) is 3.71. The van der Waals surface area contributed by atoms with Gasteiger partial charge < -0.3 is 9.47 Å². The van der Waals surface area contributed by atoms with Crippen molar-refractivity contribution in [3.8, 4) is 56.9 Å². The standard InChI is InChI=1S/C60H40N2O2/c1-6-22-41(23-7-1)58-61-52(46-32-20-36-50-56(46)63-54-38-18-16-34-48(54)59(50,42-24-8-2-9-25-42)43-26-10-3-11-27-43)40-53(62-58)47-33-21-37-51-57(47)64-55-39-19-17-35-49(55)60(51,44-28-12-4-13-29-44)45-30-14-5-15-31-45/h1-40H. The molecule has 0 atom stereocenters. The van der Waals surface area contributed by atoms with Crippen LogP contribution in [0.3, 0.4) is 0 Å². The monoisotopic (exact) mass is 820 g/mol. The smallest absolute Gasteiger partial charge is 0.160 e. The second-order valence-electron chi connectivity index (χ2n) is 16.4. The number of para-hydroxylation sites is 4. The third kappa shape index (κ3) is 5.69. The van der Waals surface area contributed by atoms with Crippen LogP contribution in [0, 0.1) is 0 Å². The molecule has 0 aliphatic carbocycles. The SMILES string of the molecule is c1ccc(-c2nc(-c3cccc4c3Oc3ccccc3C4(c3ccccc3)c3ccccc3)cc(-c3cccc4c3Oc3ccccc3C4(c3ccccc3)c3ccccc3)n2)cc1. The van der Waals surface area contributed by atoms with E-state index in [1.165, 1.54) is 0 Å². The molecule has 0 bridgehead atoms. The van der Waals surface area contributed by atoms with Crippen molar-refractivity contribution in [3.63, 3.8) is 0 Å². The normalized spacial score (nSPS) is 13.8. The van der Waals surface area contributed by atoms with Gasteiger partial charge in [0.1, 0.15) is 23.0 Å². The molecule has 0 N–H and O–H groups in total. The van der Waals surface area contributed by atoms with E-state index in [9.17, 15) is 0 Å². The lowest BCUT2D eigenvalue weighted by molar-refractivity contribution is 0.436. The summed E-state index contributed by atoms with van der Waals surface area (Å²) < 4.78 is 14.2. The molecule has 0 amide bonds. The molecule has 9 aromatic carbocycles. The van der Waals surface area contributed by atoms with Crippen LogP contribution in [0.25, 0.3) is 33.9 Å². The van der Waals surface area contributed by atoms with Crippen LogP contribution >= 0.6 is 0 Å². The molecule has 4 nitrogen and oxygen atoms in total. The third-order valence-corrected chi connectivity index (χ3v) is 13.0. The molecule has 0 saturated carbocycles. The highest BCUT2D eigenvalue weighted by molar-refractivity contribution is 5.84. The molecule has 0 spiro atoms. The molecule has 0 unspecified atom stereocenters. The van der Waals surface area contributed by atoms with Crippen molar-refractivity contribution in [2.45, 2.75) is 10.8 Å². The Morgan fingerprint density at radius 3 is 1.02 bits per heavy atom. The van der Waals surface area contributed by atoms with Gasteiger partial charge in [0.15, 0.2) is 5.82 Å². The van der Waals surface area contributed by atoms with E-state index in [0.717, 1.165) is 95.6 Å². The first-order valence-electron chi connectivity index (χ1n) is 21.7. The minimum absolute atomic E-state index is 0.602. The Kier molecular flexibility index (Phi) is 8.91. The lowest BCUT2D eigenvalue weighted by atomic mass is 9.63. The Morgan fingerprint density at radius 2 is 0.625 bits per heavy atom. The molecule has 0 saturated heterocycles. The second-order valence-corrected chi connectivity index (χ2v) is 16.4. The fourth-order valence-electron chi connectivity index (χ4n) is 10.3. The molecule has 2 aliphatic rings. The van der Waals surface area contributed by atoms with E-state index in [1.807, 2.05) is 30.3 Å². The average Bonchev–Trinajstić information content (AvgIpc) is 3.38. The Hall–Kier alpha value is -8.34. The largest absolute Gasteiger partial charge is 0.456 e. The fourth-order valence-corrected chi connectivity index (χ4v) is 10.3. The Balaban J connectivity index is 1.13. The maximum Gasteiger partial charge on any atom is 0.160 e. The average molecular weight is 821 g/mol. The Labute approximate surface area is 372 Å². The van der Waals surface area contributed by atoms with Gasteiger partial charge in [-0.1, -0.05) is 212 Å². The summed E-state index contributed by atoms with van der Waals surface area (Å²) in [6, 6.07) is 85.2. The van der Waals surface area contributed by atoms with Crippen molar-refractivity contribution >= 4 is 0 Å². The topological polar surface area (TPSA) is 44.2 Å². The van der Waals surface area contributed by atoms with Gasteiger partial charge in [-0.05, 0) is 52.6 Å². The van der Waals surface area contributed by atoms with Crippen LogP contribution in [0.2, 0.25) is 0 Å². The maximum atomic E-state index is 7.12. The van der Waals surface area contributed by atoms with Gasteiger partial charge in [-0.3, -0.25) is 0 Å². The van der Waals surface area contributed by atoms with Crippen molar-refractivity contribution in [3.05, 3.63) is 287 Å². The Morgan fingerprint density at radius 1 is 0.297 bits per heavy atom. The molecule has 10 aromatic rings. The van der Waals surface area contributed by atoms with Gasteiger partial charge in [0, 0.05) is 38.9 Å². The summed E-state index contributed by atoms with van der Waals surface area (Å²) in [6.07, 6.45) is 0. The quantitative estimate of drug-likeness (QED) is 0.161. The number of aromatic nitrogens is 2. The number of benzene rings is 9. The van der Waals surface area contributed by atoms with Gasteiger partial charge in [0.2, 0.25) is 0 Å². The fraction of sp³-hybridized carbons (Fsp3) is 0.0333. The number of fused-ring (bicyclic) bond motifs is 4. The molecule has 302 valence electrons. The molecular formula is C60H40N2O2. The number of rotatable bonds is 7. The van der Waals surface area contributed by atoms with Gasteiger partial charge in [-0.15, -0.1) is 0 Å². The third-order valence-electron chi connectivity index (χ3n) is 13.0. The van der Waals surface area contributed by atoms with Gasteiger partial charge >= 0.3 is 0 Å². The predicted molar refractivity (Wildman–Crippen MR) is 255 cm³/mol. The molecule has 12 rings (SSSR count). The zero-order chi connectivity index (χ0) is 42.5. The van der Waals surface area contributed by atoms with E-state index in [4.69, 9.17) is 19.4 Å². The van der Waals surface area contributed by atoms with E-state index >= 15 is 0 Å². The predicted octanol–water partition coefficient (Wildman–Crippen LogP) is 14.5. The minimum atomic E-state index is -0.682. The van der Waals surface area contributed by atoms with Gasteiger partial charge in [-0.2, -0.15) is 0 Å². The van der Waals surface area contributed by atoms with E-state index in [0.29, 0.717) is 5.82 Å². The van der Waals surface area contributed by atoms with Crippen LogP contribution in [0.5, 0.6) is 23.0 Å². The van der Waals surface area contributed by atoms with Crippen LogP contribution in [-0.4, -0.2) is 9.97 Å². The second kappa shape index (κ2) is 15.2. The summed E-state index contributed by atoms with van der Waals surface area (Å²) >= 11 is 0. The highest BCUT2D eigenvalue weighted by Gasteiger charge is 2.47. The van der Waals surface area contributed by atoms with Gasteiger partial charge in [-0.25, -0.2) is 9.97 Å². The highest BCUT2D eigenvalue weighted by Crippen LogP contribution is 2.59. The van der Waals surface area contributed by atoms with E-state index < -0.39 is 10.8 Å². The van der Waals surface area contributed by atoms with Crippen molar-refractivity contribution in [2.24, 2.45) is 0 Å². The van der Waals surface area contributed by atoms with Crippen LogP contribution in [-0.2, 0) is 10.8 Å². The number of ether oxygens (including phenoxy) is 2. The van der Waals surface area contributed by atoms with Crippen LogP contribution in [0.15, 0.2) is 243 Å². The van der Waals surface area contributed by atoms with Crippen molar-refractivity contribution in [1.82, 2.24) is 9.97 Å². The first-order chi connectivity index (χ1) is 31.7. The van der Waals surface area contributed by atoms with Crippen molar-refractivity contribution < 1.29 is 9.47 Å². The summed E-state index contributed by atoms with van der Waals surface area (Å²) in [7, 11) is 0. The van der Waals surface area contributed by atoms with Crippen LogP contribution in [0.1, 0.15) is 44.5 Å². The number of hydrogen-bond donors (Lipinski definition) is 0. The molecule has 0 radical (unpaired) electrons. The lowest BCUT2D eigenvalue weighted by Gasteiger charge is -2.42. The lowest BCUT2D eigenvalue weighted by Crippen LogP contribution is -2.34. The summed E-state index contributed by atoms with van der Waals surface area (Å²) in [6.45, 7) is 0. The minimum Gasteiger partial charge on any atom is -0.456 e. The molecule has 3 heterocycles. The van der Waals surface area contributed by atoms with E-state index in [-0.39, 0.29) is 0 Å². The summed E-state index contributed by atoms with van der Waals surface area (Å²) in [5.41, 5.74) is 11.6. The van der Waals surface area contributed by atoms with Gasteiger partial charge in [0.25, 0.3) is 0 Å². The maximum absolute atomic E-state index is 7.12. The number of hydrogen-bond acceptors (Lipinski definition) is 4. The first-order valence-corrected chi connectivity index (χ1v) is 21.7. The Bertz CT molecular complexity index is 3040. The molecule has 0 fully saturated rings. The van der Waals surface area contributed by atoms with Crippen LogP contribution < -0.4 is 9.47 Å². The molecule has 2 aliphatic heterocycles. The van der Waals surface area contributed by atoms with Crippen molar-refractivity contribution in [1.29, 1.82) is 0 Å². The summed E-state index contributed by atoms with van der Waals surface area (Å²) in [4.78, 5) is 10.8. The highest BCUT2D eigenvalue weighted by atomic mass is 16.5. The zero-order valence-electron chi connectivity index (χ0n) is 34.8. The number of nitrogens with zero attached hydrogens (tertiary/aromatic N) is 2. The molecule has 64 heavy (non-hydrogen) atoms. The zero-order valence-corrected chi connectivity index (χ0v) is 34.8.